The number of hydrogen-bond donors (Lipinski definition) is 4. The average molecular weight is 529 g/mol. The third-order valence-electron chi connectivity index (χ3n) is 4.20. The summed E-state index contributed by atoms with van der Waals surface area (Å²) in [7, 11) is 0. The number of carboxylic acid groups (broad SMARTS) is 1. The lowest BCUT2D eigenvalue weighted by Gasteiger charge is -2.17. The summed E-state index contributed by atoms with van der Waals surface area (Å²) in [4.78, 5) is 37.7. The fourth-order valence-electron chi connectivity index (χ4n) is 2.49. The van der Waals surface area contributed by atoms with Gasteiger partial charge in [-0.2, -0.15) is 13.2 Å². The zero-order valence-corrected chi connectivity index (χ0v) is 19.9. The van der Waals surface area contributed by atoms with E-state index >= 15 is 0 Å². The highest BCUT2D eigenvalue weighted by atomic mass is 32.2. The van der Waals surface area contributed by atoms with Gasteiger partial charge in [-0.25, -0.2) is 9.59 Å². The van der Waals surface area contributed by atoms with Gasteiger partial charge in [0.1, 0.15) is 12.6 Å². The van der Waals surface area contributed by atoms with Crippen LogP contribution in [-0.4, -0.2) is 47.0 Å². The van der Waals surface area contributed by atoms with Gasteiger partial charge in [0, 0.05) is 12.3 Å². The summed E-state index contributed by atoms with van der Waals surface area (Å²) in [6, 6.07) is 18.3. The molecule has 1 atom stereocenters. The number of benzene rings is 2. The molecule has 36 heavy (non-hydrogen) atoms. The Labute approximate surface area is 210 Å². The van der Waals surface area contributed by atoms with Crippen LogP contribution in [0.25, 0.3) is 0 Å². The molecular weight excluding hydrogens is 501 g/mol. The summed E-state index contributed by atoms with van der Waals surface area (Å²) in [5, 5.41) is 9.66. The molecule has 1 amide bonds. The van der Waals surface area contributed by atoms with Crippen molar-refractivity contribution < 1.29 is 37.4 Å². The van der Waals surface area contributed by atoms with Gasteiger partial charge >= 0.3 is 18.2 Å². The van der Waals surface area contributed by atoms with E-state index < -0.39 is 24.3 Å². The van der Waals surface area contributed by atoms with Crippen LogP contribution in [0.2, 0.25) is 0 Å². The maximum atomic E-state index is 12.7. The number of aliphatic carboxylic acids is 1. The Kier molecular flexibility index (Phi) is 13.5. The van der Waals surface area contributed by atoms with Gasteiger partial charge in [0.2, 0.25) is 5.12 Å². The highest BCUT2D eigenvalue weighted by Gasteiger charge is 2.38. The summed E-state index contributed by atoms with van der Waals surface area (Å²) in [5.74, 6) is -2.22. The summed E-state index contributed by atoms with van der Waals surface area (Å²) in [6.07, 6.45) is -4.74. The highest BCUT2D eigenvalue weighted by molar-refractivity contribution is 8.13. The molecule has 6 N–H and O–H groups in total. The molecule has 0 bridgehead atoms. The topological polar surface area (TPSA) is 157 Å². The second kappa shape index (κ2) is 16.0. The fraction of sp³-hybridized carbons (Fsp3) is 0.304. The van der Waals surface area contributed by atoms with Gasteiger partial charge in [0.05, 0.1) is 0 Å². The molecule has 0 aliphatic heterocycles. The van der Waals surface area contributed by atoms with Gasteiger partial charge in [0.25, 0.3) is 0 Å². The van der Waals surface area contributed by atoms with E-state index in [0.29, 0.717) is 25.1 Å². The van der Waals surface area contributed by atoms with E-state index in [4.69, 9.17) is 26.1 Å². The van der Waals surface area contributed by atoms with Gasteiger partial charge in [-0.05, 0) is 24.0 Å². The zero-order chi connectivity index (χ0) is 27.0. The lowest BCUT2D eigenvalue weighted by Crippen LogP contribution is -2.40. The van der Waals surface area contributed by atoms with Crippen LogP contribution in [0, 0.1) is 0 Å². The maximum Gasteiger partial charge on any atom is 0.490 e. The molecule has 0 aliphatic carbocycles. The van der Waals surface area contributed by atoms with Crippen molar-refractivity contribution in [1.29, 1.82) is 0 Å². The van der Waals surface area contributed by atoms with Crippen LogP contribution in [0.4, 0.5) is 18.0 Å². The largest absolute Gasteiger partial charge is 0.490 e. The minimum atomic E-state index is -5.08. The number of alkyl halides is 3. The number of nitrogens with one attached hydrogen (secondary N) is 1. The number of rotatable bonds is 10. The van der Waals surface area contributed by atoms with Crippen molar-refractivity contribution in [2.75, 3.05) is 6.54 Å². The molecule has 9 nitrogen and oxygen atoms in total. The smallest absolute Gasteiger partial charge is 0.475 e. The average Bonchev–Trinajstić information content (AvgIpc) is 2.84. The van der Waals surface area contributed by atoms with Gasteiger partial charge in [0.15, 0.2) is 5.96 Å². The van der Waals surface area contributed by atoms with Crippen molar-refractivity contribution in [1.82, 2.24) is 5.32 Å². The summed E-state index contributed by atoms with van der Waals surface area (Å²) in [5.41, 5.74) is 12.6. The first-order valence-electron chi connectivity index (χ1n) is 10.5. The van der Waals surface area contributed by atoms with Crippen molar-refractivity contribution in [3.05, 3.63) is 71.8 Å². The Morgan fingerprint density at radius 3 is 2.03 bits per heavy atom. The number of guanidine groups is 1. The third kappa shape index (κ3) is 13.8. The monoisotopic (exact) mass is 528 g/mol. The number of nitrogens with two attached hydrogens (primary N) is 2. The van der Waals surface area contributed by atoms with E-state index in [1.165, 1.54) is 0 Å². The minimum Gasteiger partial charge on any atom is -0.475 e. The Morgan fingerprint density at radius 1 is 1.00 bits per heavy atom. The second-order valence-electron chi connectivity index (χ2n) is 7.10. The summed E-state index contributed by atoms with van der Waals surface area (Å²) < 4.78 is 37.0. The van der Waals surface area contributed by atoms with Crippen LogP contribution in [0.3, 0.4) is 0 Å². The zero-order valence-electron chi connectivity index (χ0n) is 19.1. The molecule has 0 spiro atoms. The SMILES string of the molecule is NC(N)=NCCC[C@H](NC(=O)OCc1ccccc1)C(=O)SCc1ccccc1.O=C(O)C(F)(F)F. The van der Waals surface area contributed by atoms with Crippen LogP contribution in [0.5, 0.6) is 0 Å². The Balaban J connectivity index is 0.000000809. The van der Waals surface area contributed by atoms with E-state index in [0.717, 1.165) is 22.9 Å². The quantitative estimate of drug-likeness (QED) is 0.208. The number of halogens is 3. The van der Waals surface area contributed by atoms with Crippen molar-refractivity contribution in [3.63, 3.8) is 0 Å². The number of carboxylic acids is 1. The summed E-state index contributed by atoms with van der Waals surface area (Å²) >= 11 is 1.16. The molecule has 0 fully saturated rings. The summed E-state index contributed by atoms with van der Waals surface area (Å²) in [6.45, 7) is 0.523. The number of amides is 1. The van der Waals surface area contributed by atoms with Crippen molar-refractivity contribution in [3.8, 4) is 0 Å². The number of aliphatic imine (C=N–C) groups is 1. The number of carbonyl (C=O) groups excluding carboxylic acids is 2. The number of thioether (sulfide) groups is 1. The predicted molar refractivity (Wildman–Crippen MR) is 130 cm³/mol. The number of nitrogens with zero attached hydrogens (tertiary/aromatic N) is 1. The number of hydrogen-bond acceptors (Lipinski definition) is 6. The van der Waals surface area contributed by atoms with Gasteiger partial charge in [-0.1, -0.05) is 72.4 Å². The first-order valence-corrected chi connectivity index (χ1v) is 11.5. The van der Waals surface area contributed by atoms with Crippen LogP contribution in [0.1, 0.15) is 24.0 Å². The van der Waals surface area contributed by atoms with Crippen molar-refractivity contribution in [2.24, 2.45) is 16.5 Å². The van der Waals surface area contributed by atoms with E-state index in [-0.39, 0.29) is 17.7 Å². The molecule has 0 aliphatic rings. The molecule has 2 aromatic carbocycles. The van der Waals surface area contributed by atoms with Crippen LogP contribution >= 0.6 is 11.8 Å². The Hall–Kier alpha value is -3.74. The van der Waals surface area contributed by atoms with E-state index in [1.54, 1.807) is 0 Å². The molecule has 2 rings (SSSR count). The number of carbonyl (C=O) groups is 3. The van der Waals surface area contributed by atoms with Gasteiger partial charge in [-0.15, -0.1) is 0 Å². The number of ether oxygens (including phenoxy) is 1. The molecule has 0 saturated heterocycles. The van der Waals surface area contributed by atoms with E-state index in [2.05, 4.69) is 10.3 Å². The second-order valence-corrected chi connectivity index (χ2v) is 8.08. The highest BCUT2D eigenvalue weighted by Crippen LogP contribution is 2.17. The van der Waals surface area contributed by atoms with E-state index in [9.17, 15) is 22.8 Å². The van der Waals surface area contributed by atoms with Crippen molar-refractivity contribution in [2.45, 2.75) is 37.4 Å². The molecule has 196 valence electrons. The first kappa shape index (κ1) is 30.3. The lowest BCUT2D eigenvalue weighted by molar-refractivity contribution is -0.192. The molecule has 2 aromatic rings. The van der Waals surface area contributed by atoms with Crippen LogP contribution < -0.4 is 16.8 Å². The normalized spacial score (nSPS) is 11.3. The van der Waals surface area contributed by atoms with Gasteiger partial charge in [-0.3, -0.25) is 9.79 Å². The lowest BCUT2D eigenvalue weighted by atomic mass is 10.2. The first-order chi connectivity index (χ1) is 17.0. The van der Waals surface area contributed by atoms with Crippen molar-refractivity contribution >= 4 is 34.9 Å². The molecule has 0 aromatic heterocycles. The van der Waals surface area contributed by atoms with E-state index in [1.807, 2.05) is 60.7 Å². The Bertz CT molecular complexity index is 988. The predicted octanol–water partition coefficient (Wildman–Crippen LogP) is 3.43. The van der Waals surface area contributed by atoms with Crippen LogP contribution in [-0.2, 0) is 26.7 Å². The molecule has 0 heterocycles. The molecule has 0 unspecified atom stereocenters. The molecular formula is C23H27F3N4O5S. The Morgan fingerprint density at radius 2 is 1.53 bits per heavy atom. The third-order valence-corrected chi connectivity index (χ3v) is 5.25. The van der Waals surface area contributed by atoms with Gasteiger partial charge < -0.3 is 26.6 Å². The molecule has 13 heteroatoms. The standard InChI is InChI=1S/C21H26N4O3S.C2HF3O2/c22-20(23)24-13-7-12-18(19(26)29-15-17-10-5-2-6-11-17)25-21(27)28-14-16-8-3-1-4-9-16;3-2(4,5)1(6)7/h1-6,8-11,18H,7,12-15H2,(H,25,27)(H4,22,23,24);(H,6,7)/t18-;/m0./s1. The molecule has 0 saturated carbocycles. The minimum absolute atomic E-state index is 0.00144. The fourth-order valence-corrected chi connectivity index (χ4v) is 3.37. The van der Waals surface area contributed by atoms with Crippen LogP contribution in [0.15, 0.2) is 65.7 Å². The molecule has 0 radical (unpaired) electrons. The number of alkyl carbamates (subject to hydrolysis) is 1. The maximum absolute atomic E-state index is 12.7.